The van der Waals surface area contributed by atoms with Gasteiger partial charge in [-0.1, -0.05) is 38.1 Å². The van der Waals surface area contributed by atoms with Gasteiger partial charge in [0.15, 0.2) is 0 Å². The molecule has 0 aliphatic heterocycles. The highest BCUT2D eigenvalue weighted by Gasteiger charge is 2.23. The average Bonchev–Trinajstić information content (AvgIpc) is 2.53. The van der Waals surface area contributed by atoms with Crippen molar-refractivity contribution in [3.63, 3.8) is 0 Å². The summed E-state index contributed by atoms with van der Waals surface area (Å²) in [6.07, 6.45) is 1.66. The highest BCUT2D eigenvalue weighted by Crippen LogP contribution is 2.23. The molecule has 0 aliphatic rings. The Morgan fingerprint density at radius 1 is 1.25 bits per heavy atom. The molecule has 126 valence electrons. The number of pyridine rings is 1. The predicted molar refractivity (Wildman–Crippen MR) is 91.5 cm³/mol. The molecule has 2 rings (SSSR count). The third-order valence-corrected chi connectivity index (χ3v) is 3.87. The third kappa shape index (κ3) is 4.16. The second-order valence-electron chi connectivity index (χ2n) is 6.06. The summed E-state index contributed by atoms with van der Waals surface area (Å²) in [6, 6.07) is 9.87. The minimum Gasteiger partial charge on any atom is -0.347 e. The van der Waals surface area contributed by atoms with Crippen LogP contribution in [0.5, 0.6) is 0 Å². The smallest absolute Gasteiger partial charge is 0.273 e. The first kappa shape index (κ1) is 17.6. The number of hydrogen-bond acceptors (Lipinski definition) is 4. The molecule has 24 heavy (non-hydrogen) atoms. The van der Waals surface area contributed by atoms with Crippen molar-refractivity contribution in [1.29, 1.82) is 0 Å². The zero-order valence-corrected chi connectivity index (χ0v) is 14.0. The monoisotopic (exact) mass is 327 g/mol. The first-order valence-corrected chi connectivity index (χ1v) is 7.83. The minimum absolute atomic E-state index is 0.0355. The lowest BCUT2D eigenvalue weighted by Crippen LogP contribution is -2.34. The molecule has 6 heteroatoms. The fourth-order valence-electron chi connectivity index (χ4n) is 2.61. The topological polar surface area (TPSA) is 85.1 Å². The molecule has 2 aromatic rings. The Kier molecular flexibility index (Phi) is 5.63. The molecule has 1 aromatic heterocycles. The molecule has 0 fully saturated rings. The SMILES string of the molecule is Cc1cccnc1[C@H](NC(=O)Cc1ccccc1[N+](=O)[O-])C(C)C. The van der Waals surface area contributed by atoms with Crippen LogP contribution in [0.1, 0.15) is 36.7 Å². The number of aromatic nitrogens is 1. The first-order chi connectivity index (χ1) is 11.4. The van der Waals surface area contributed by atoms with Crippen molar-refractivity contribution in [3.05, 3.63) is 69.5 Å². The van der Waals surface area contributed by atoms with Crippen LogP contribution in [0.4, 0.5) is 5.69 Å². The molecule has 0 aliphatic carbocycles. The maximum atomic E-state index is 12.4. The van der Waals surface area contributed by atoms with E-state index in [9.17, 15) is 14.9 Å². The standard InChI is InChI=1S/C18H21N3O3/c1-12(2)17(18-13(3)7-6-10-19-18)20-16(22)11-14-8-4-5-9-15(14)21(23)24/h4-10,12,17H,11H2,1-3H3,(H,20,22)/t17-/m1/s1. The molecule has 1 atom stereocenters. The molecule has 0 radical (unpaired) electrons. The summed E-state index contributed by atoms with van der Waals surface area (Å²) < 4.78 is 0. The number of benzene rings is 1. The highest BCUT2D eigenvalue weighted by atomic mass is 16.6. The first-order valence-electron chi connectivity index (χ1n) is 7.83. The van der Waals surface area contributed by atoms with E-state index in [1.54, 1.807) is 24.4 Å². The predicted octanol–water partition coefficient (Wildman–Crippen LogP) is 3.35. The molecule has 1 aromatic carbocycles. The van der Waals surface area contributed by atoms with E-state index in [1.165, 1.54) is 6.07 Å². The van der Waals surface area contributed by atoms with E-state index in [4.69, 9.17) is 0 Å². The Balaban J connectivity index is 2.18. The summed E-state index contributed by atoms with van der Waals surface area (Å²) in [5.41, 5.74) is 2.19. The summed E-state index contributed by atoms with van der Waals surface area (Å²) >= 11 is 0. The lowest BCUT2D eigenvalue weighted by Gasteiger charge is -2.23. The number of carbonyl (C=O) groups excluding carboxylic acids is 1. The van der Waals surface area contributed by atoms with Crippen molar-refractivity contribution in [2.75, 3.05) is 0 Å². The van der Waals surface area contributed by atoms with Crippen molar-refractivity contribution in [2.45, 2.75) is 33.2 Å². The summed E-state index contributed by atoms with van der Waals surface area (Å²) in [7, 11) is 0. The normalized spacial score (nSPS) is 12.0. The lowest BCUT2D eigenvalue weighted by molar-refractivity contribution is -0.385. The van der Waals surface area contributed by atoms with Crippen LogP contribution in [-0.2, 0) is 11.2 Å². The van der Waals surface area contributed by atoms with E-state index in [0.717, 1.165) is 11.3 Å². The quantitative estimate of drug-likeness (QED) is 0.651. The maximum absolute atomic E-state index is 12.4. The number of nitrogens with zero attached hydrogens (tertiary/aromatic N) is 2. The molecular weight excluding hydrogens is 306 g/mol. The average molecular weight is 327 g/mol. The number of nitro groups is 1. The van der Waals surface area contributed by atoms with E-state index in [0.29, 0.717) is 5.56 Å². The van der Waals surface area contributed by atoms with Gasteiger partial charge in [0.05, 0.1) is 23.1 Å². The summed E-state index contributed by atoms with van der Waals surface area (Å²) in [4.78, 5) is 27.4. The van der Waals surface area contributed by atoms with Crippen LogP contribution in [-0.4, -0.2) is 15.8 Å². The van der Waals surface area contributed by atoms with Gasteiger partial charge in [-0.2, -0.15) is 0 Å². The molecule has 0 unspecified atom stereocenters. The van der Waals surface area contributed by atoms with Crippen LogP contribution in [0.15, 0.2) is 42.6 Å². The zero-order chi connectivity index (χ0) is 17.7. The Morgan fingerprint density at radius 3 is 2.58 bits per heavy atom. The summed E-state index contributed by atoms with van der Waals surface area (Å²) in [5.74, 6) is -0.110. The molecule has 1 amide bonds. The van der Waals surface area contributed by atoms with Crippen LogP contribution >= 0.6 is 0 Å². The van der Waals surface area contributed by atoms with Gasteiger partial charge in [-0.05, 0) is 24.5 Å². The van der Waals surface area contributed by atoms with Gasteiger partial charge in [-0.25, -0.2) is 0 Å². The molecule has 0 saturated heterocycles. The zero-order valence-electron chi connectivity index (χ0n) is 14.0. The van der Waals surface area contributed by atoms with Crippen molar-refractivity contribution >= 4 is 11.6 Å². The maximum Gasteiger partial charge on any atom is 0.273 e. The van der Waals surface area contributed by atoms with Crippen LogP contribution in [0, 0.1) is 23.0 Å². The van der Waals surface area contributed by atoms with E-state index in [-0.39, 0.29) is 30.0 Å². The Bertz CT molecular complexity index is 744. The van der Waals surface area contributed by atoms with E-state index < -0.39 is 4.92 Å². The number of aryl methyl sites for hydroxylation is 1. The van der Waals surface area contributed by atoms with Crippen LogP contribution < -0.4 is 5.32 Å². The molecule has 1 heterocycles. The van der Waals surface area contributed by atoms with Gasteiger partial charge >= 0.3 is 0 Å². The van der Waals surface area contributed by atoms with Gasteiger partial charge in [0.1, 0.15) is 0 Å². The van der Waals surface area contributed by atoms with Crippen LogP contribution in [0.3, 0.4) is 0 Å². The summed E-state index contributed by atoms with van der Waals surface area (Å²) in [5, 5.41) is 14.0. The Morgan fingerprint density at radius 2 is 1.96 bits per heavy atom. The van der Waals surface area contributed by atoms with Gasteiger partial charge in [0, 0.05) is 17.8 Å². The van der Waals surface area contributed by atoms with Gasteiger partial charge in [-0.15, -0.1) is 0 Å². The van der Waals surface area contributed by atoms with Crippen molar-refractivity contribution in [2.24, 2.45) is 5.92 Å². The molecule has 0 saturated carbocycles. The number of para-hydroxylation sites is 1. The number of rotatable bonds is 6. The Labute approximate surface area is 141 Å². The van der Waals surface area contributed by atoms with Crippen molar-refractivity contribution in [3.8, 4) is 0 Å². The number of hydrogen-bond donors (Lipinski definition) is 1. The van der Waals surface area contributed by atoms with Crippen molar-refractivity contribution in [1.82, 2.24) is 10.3 Å². The molecule has 0 bridgehead atoms. The van der Waals surface area contributed by atoms with Crippen molar-refractivity contribution < 1.29 is 9.72 Å². The van der Waals surface area contributed by atoms with Gasteiger partial charge in [-0.3, -0.25) is 19.9 Å². The number of amides is 1. The minimum atomic E-state index is -0.467. The summed E-state index contributed by atoms with van der Waals surface area (Å²) in [6.45, 7) is 5.96. The second kappa shape index (κ2) is 7.68. The second-order valence-corrected chi connectivity index (χ2v) is 6.06. The fraction of sp³-hybridized carbons (Fsp3) is 0.333. The highest BCUT2D eigenvalue weighted by molar-refractivity contribution is 5.80. The fourth-order valence-corrected chi connectivity index (χ4v) is 2.61. The lowest BCUT2D eigenvalue weighted by atomic mass is 9.97. The number of nitrogens with one attached hydrogen (secondary N) is 1. The van der Waals surface area contributed by atoms with Crippen LogP contribution in [0.25, 0.3) is 0 Å². The Hall–Kier alpha value is -2.76. The molecule has 0 spiro atoms. The molecular formula is C18H21N3O3. The van der Waals surface area contributed by atoms with E-state index >= 15 is 0 Å². The van der Waals surface area contributed by atoms with E-state index in [2.05, 4.69) is 10.3 Å². The van der Waals surface area contributed by atoms with E-state index in [1.807, 2.05) is 32.9 Å². The van der Waals surface area contributed by atoms with Gasteiger partial charge in [0.2, 0.25) is 5.91 Å². The van der Waals surface area contributed by atoms with Crippen LogP contribution in [0.2, 0.25) is 0 Å². The third-order valence-electron chi connectivity index (χ3n) is 3.87. The molecule has 1 N–H and O–H groups in total. The molecule has 6 nitrogen and oxygen atoms in total. The van der Waals surface area contributed by atoms with Gasteiger partial charge in [0.25, 0.3) is 5.69 Å². The number of carbonyl (C=O) groups is 1. The largest absolute Gasteiger partial charge is 0.347 e. The van der Waals surface area contributed by atoms with Gasteiger partial charge < -0.3 is 5.32 Å². The number of nitro benzene ring substituents is 1.